The van der Waals surface area contributed by atoms with E-state index in [1.165, 1.54) is 28.9 Å². The molecule has 1 aromatic heterocycles. The molecule has 1 atom stereocenters. The molecule has 178 valence electrons. The van der Waals surface area contributed by atoms with Gasteiger partial charge in [-0.2, -0.15) is 5.10 Å². The number of carbonyl (C=O) groups excluding carboxylic acids is 2. The number of sulfone groups is 1. The molecule has 0 spiro atoms. The Hall–Kier alpha value is -2.46. The zero-order valence-electron chi connectivity index (χ0n) is 18.2. The van der Waals surface area contributed by atoms with Crippen molar-refractivity contribution in [1.82, 2.24) is 14.7 Å². The van der Waals surface area contributed by atoms with Crippen LogP contribution in [0.15, 0.2) is 24.3 Å². The summed E-state index contributed by atoms with van der Waals surface area (Å²) < 4.78 is 43.8. The van der Waals surface area contributed by atoms with Crippen LogP contribution in [0.1, 0.15) is 48.2 Å². The minimum atomic E-state index is -3.17. The van der Waals surface area contributed by atoms with E-state index in [4.69, 9.17) is 16.3 Å². The second kappa shape index (κ2) is 9.42. The van der Waals surface area contributed by atoms with Crippen LogP contribution in [-0.2, 0) is 19.4 Å². The molecule has 2 aromatic rings. The molecule has 2 aliphatic rings. The second-order valence-corrected chi connectivity index (χ2v) is 11.1. The fourth-order valence-electron chi connectivity index (χ4n) is 4.64. The minimum Gasteiger partial charge on any atom is -0.452 e. The SMILES string of the molecule is Cc1nn(-c2ccc(F)cc2)c(Cl)c1C(=O)OCC(=O)N(C1CCCC1)C1CCS(=O)(=O)C1. The lowest BCUT2D eigenvalue weighted by molar-refractivity contribution is -0.139. The van der Waals surface area contributed by atoms with Gasteiger partial charge in [-0.05, 0) is 50.5 Å². The molecule has 1 saturated heterocycles. The quantitative estimate of drug-likeness (QED) is 0.569. The van der Waals surface area contributed by atoms with E-state index in [1.807, 2.05) is 0 Å². The molecule has 4 rings (SSSR count). The van der Waals surface area contributed by atoms with Crippen LogP contribution in [0, 0.1) is 12.7 Å². The van der Waals surface area contributed by atoms with Gasteiger partial charge in [-0.25, -0.2) is 22.3 Å². The van der Waals surface area contributed by atoms with Gasteiger partial charge in [-0.15, -0.1) is 0 Å². The molecule has 0 bridgehead atoms. The molecular formula is C22H25ClFN3O5S. The van der Waals surface area contributed by atoms with Crippen molar-refractivity contribution < 1.29 is 27.1 Å². The highest BCUT2D eigenvalue weighted by Crippen LogP contribution is 2.30. The highest BCUT2D eigenvalue weighted by Gasteiger charge is 2.39. The maximum Gasteiger partial charge on any atom is 0.343 e. The third kappa shape index (κ3) is 5.06. The molecule has 0 N–H and O–H groups in total. The van der Waals surface area contributed by atoms with Crippen molar-refractivity contribution in [1.29, 1.82) is 0 Å². The molecule has 33 heavy (non-hydrogen) atoms. The summed E-state index contributed by atoms with van der Waals surface area (Å²) in [7, 11) is -3.17. The third-order valence-electron chi connectivity index (χ3n) is 6.21. The first kappa shape index (κ1) is 23.7. The average Bonchev–Trinajstić information content (AvgIpc) is 3.47. The lowest BCUT2D eigenvalue weighted by Crippen LogP contribution is -2.48. The summed E-state index contributed by atoms with van der Waals surface area (Å²) in [4.78, 5) is 27.5. The average molecular weight is 498 g/mol. The van der Waals surface area contributed by atoms with Gasteiger partial charge < -0.3 is 9.64 Å². The summed E-state index contributed by atoms with van der Waals surface area (Å²) in [5.74, 6) is -1.62. The largest absolute Gasteiger partial charge is 0.452 e. The second-order valence-electron chi connectivity index (χ2n) is 8.51. The Bertz CT molecular complexity index is 1160. The van der Waals surface area contributed by atoms with E-state index in [0.717, 1.165) is 25.7 Å². The Kier molecular flexibility index (Phi) is 6.76. The van der Waals surface area contributed by atoms with Crippen LogP contribution >= 0.6 is 11.6 Å². The normalized spacial score (nSPS) is 20.2. The Morgan fingerprint density at radius 2 is 1.85 bits per heavy atom. The van der Waals surface area contributed by atoms with Gasteiger partial charge in [-0.3, -0.25) is 4.79 Å². The number of hydrogen-bond donors (Lipinski definition) is 0. The summed E-state index contributed by atoms with van der Waals surface area (Å²) in [6, 6.07) is 5.01. The van der Waals surface area contributed by atoms with E-state index >= 15 is 0 Å². The molecule has 11 heteroatoms. The Balaban J connectivity index is 1.48. The van der Waals surface area contributed by atoms with Crippen LogP contribution in [-0.4, -0.2) is 65.2 Å². The summed E-state index contributed by atoms with van der Waals surface area (Å²) in [5, 5.41) is 4.23. The van der Waals surface area contributed by atoms with Crippen molar-refractivity contribution in [3.05, 3.63) is 46.5 Å². The number of rotatable bonds is 6. The summed E-state index contributed by atoms with van der Waals surface area (Å²) in [6.45, 7) is 1.07. The smallest absolute Gasteiger partial charge is 0.343 e. The lowest BCUT2D eigenvalue weighted by Gasteiger charge is -2.33. The Labute approximate surface area is 196 Å². The molecule has 1 saturated carbocycles. The van der Waals surface area contributed by atoms with E-state index in [0.29, 0.717) is 17.8 Å². The van der Waals surface area contributed by atoms with Crippen molar-refractivity contribution in [3.63, 3.8) is 0 Å². The lowest BCUT2D eigenvalue weighted by atomic mass is 10.1. The number of nitrogens with zero attached hydrogens (tertiary/aromatic N) is 3. The number of halogens is 2. The van der Waals surface area contributed by atoms with Crippen molar-refractivity contribution >= 4 is 33.3 Å². The van der Waals surface area contributed by atoms with Gasteiger partial charge in [-0.1, -0.05) is 24.4 Å². The molecule has 8 nitrogen and oxygen atoms in total. The maximum absolute atomic E-state index is 13.2. The number of carbonyl (C=O) groups is 2. The number of hydrogen-bond acceptors (Lipinski definition) is 6. The van der Waals surface area contributed by atoms with E-state index in [-0.39, 0.29) is 28.3 Å². The van der Waals surface area contributed by atoms with Crippen LogP contribution in [0.4, 0.5) is 4.39 Å². The van der Waals surface area contributed by atoms with Crippen molar-refractivity contribution in [2.24, 2.45) is 0 Å². The van der Waals surface area contributed by atoms with Crippen LogP contribution in [0.25, 0.3) is 5.69 Å². The van der Waals surface area contributed by atoms with Gasteiger partial charge in [0.25, 0.3) is 5.91 Å². The first-order valence-electron chi connectivity index (χ1n) is 10.9. The summed E-state index contributed by atoms with van der Waals surface area (Å²) >= 11 is 6.36. The molecular weight excluding hydrogens is 473 g/mol. The maximum atomic E-state index is 13.2. The van der Waals surface area contributed by atoms with Gasteiger partial charge >= 0.3 is 5.97 Å². The summed E-state index contributed by atoms with van der Waals surface area (Å²) in [5.41, 5.74) is 0.787. The van der Waals surface area contributed by atoms with E-state index < -0.39 is 40.2 Å². The zero-order valence-corrected chi connectivity index (χ0v) is 19.7. The van der Waals surface area contributed by atoms with Gasteiger partial charge in [0, 0.05) is 12.1 Å². The summed E-state index contributed by atoms with van der Waals surface area (Å²) in [6.07, 6.45) is 3.97. The Morgan fingerprint density at radius 3 is 2.45 bits per heavy atom. The number of aromatic nitrogens is 2. The molecule has 1 aliphatic carbocycles. The molecule has 2 fully saturated rings. The molecule has 0 radical (unpaired) electrons. The molecule has 1 aliphatic heterocycles. The van der Waals surface area contributed by atoms with Gasteiger partial charge in [0.05, 0.1) is 22.9 Å². The van der Waals surface area contributed by atoms with Crippen LogP contribution in [0.3, 0.4) is 0 Å². The third-order valence-corrected chi connectivity index (χ3v) is 8.31. The van der Waals surface area contributed by atoms with Crippen molar-refractivity contribution in [3.8, 4) is 5.69 Å². The predicted octanol–water partition coefficient (Wildman–Crippen LogP) is 3.09. The topological polar surface area (TPSA) is 98.6 Å². The number of aryl methyl sites for hydroxylation is 1. The van der Waals surface area contributed by atoms with Gasteiger partial charge in [0.2, 0.25) is 0 Å². The zero-order chi connectivity index (χ0) is 23.8. The number of amides is 1. The van der Waals surface area contributed by atoms with Gasteiger partial charge in [0.15, 0.2) is 16.4 Å². The van der Waals surface area contributed by atoms with E-state index in [1.54, 1.807) is 11.8 Å². The number of esters is 1. The molecule has 1 unspecified atom stereocenters. The van der Waals surface area contributed by atoms with Gasteiger partial charge in [0.1, 0.15) is 16.5 Å². The fraction of sp³-hybridized carbons (Fsp3) is 0.500. The highest BCUT2D eigenvalue weighted by atomic mass is 35.5. The molecule has 2 heterocycles. The monoisotopic (exact) mass is 497 g/mol. The fourth-order valence-corrected chi connectivity index (χ4v) is 6.70. The first-order valence-corrected chi connectivity index (χ1v) is 13.1. The van der Waals surface area contributed by atoms with Crippen molar-refractivity contribution in [2.45, 2.75) is 51.1 Å². The van der Waals surface area contributed by atoms with E-state index in [9.17, 15) is 22.4 Å². The standard InChI is InChI=1S/C22H25ClFN3O5S/c1-14-20(21(23)27(25-14)17-8-6-15(24)7-9-17)22(29)32-12-19(28)26(16-4-2-3-5-16)18-10-11-33(30,31)13-18/h6-9,16,18H,2-5,10-13H2,1H3. The predicted molar refractivity (Wildman–Crippen MR) is 120 cm³/mol. The van der Waals surface area contributed by atoms with Crippen LogP contribution < -0.4 is 0 Å². The number of benzene rings is 1. The number of ether oxygens (including phenoxy) is 1. The van der Waals surface area contributed by atoms with Crippen LogP contribution in [0.2, 0.25) is 5.15 Å². The van der Waals surface area contributed by atoms with Crippen LogP contribution in [0.5, 0.6) is 0 Å². The van der Waals surface area contributed by atoms with E-state index in [2.05, 4.69) is 5.10 Å². The van der Waals surface area contributed by atoms with Crippen molar-refractivity contribution in [2.75, 3.05) is 18.1 Å². The minimum absolute atomic E-state index is 0.00825. The first-order chi connectivity index (χ1) is 15.7. The highest BCUT2D eigenvalue weighted by molar-refractivity contribution is 7.91. The molecule has 1 aromatic carbocycles. The Morgan fingerprint density at radius 1 is 1.18 bits per heavy atom. The molecule has 1 amide bonds.